The van der Waals surface area contributed by atoms with Crippen molar-refractivity contribution < 1.29 is 0 Å². The van der Waals surface area contributed by atoms with Gasteiger partial charge in [-0.25, -0.2) is 4.79 Å². The Morgan fingerprint density at radius 1 is 0.562 bits per heavy atom. The molecule has 1 heterocycles. The first-order valence-electron chi connectivity index (χ1n) is 12.3. The Morgan fingerprint density at radius 2 is 1.03 bits per heavy atom. The Kier molecular flexibility index (Phi) is 6.11. The third-order valence-corrected chi connectivity index (χ3v) is 7.31. The van der Waals surface area contributed by atoms with E-state index in [1.54, 1.807) is 4.57 Å². The van der Waals surface area contributed by atoms with Crippen LogP contribution in [0.25, 0.3) is 22.4 Å². The number of rotatable bonds is 4. The standard InChI is InChI=1S/C28H32N2O2/c31-27-25(21-13-5-1-6-14-21)26(22-15-7-2-8-16-22)29(23-17-9-3-10-18-23)28(32)30(27)24-19-11-4-12-20-24/h1-2,5-8,13-16,23-24H,3-4,9-12,17-20H2. The Bertz CT molecular complexity index is 1170. The molecule has 32 heavy (non-hydrogen) atoms. The van der Waals surface area contributed by atoms with Crippen LogP contribution in [0, 0.1) is 0 Å². The van der Waals surface area contributed by atoms with E-state index in [0.717, 1.165) is 68.2 Å². The average Bonchev–Trinajstić information content (AvgIpc) is 2.86. The van der Waals surface area contributed by atoms with Gasteiger partial charge in [0.15, 0.2) is 0 Å². The Hall–Kier alpha value is -2.88. The number of aromatic nitrogens is 2. The summed E-state index contributed by atoms with van der Waals surface area (Å²) in [5.41, 5.74) is 3.08. The van der Waals surface area contributed by atoms with E-state index in [4.69, 9.17) is 0 Å². The highest BCUT2D eigenvalue weighted by Crippen LogP contribution is 2.36. The fraction of sp³-hybridized carbons (Fsp3) is 0.429. The van der Waals surface area contributed by atoms with Crippen molar-refractivity contribution >= 4 is 0 Å². The van der Waals surface area contributed by atoms with Gasteiger partial charge in [0.1, 0.15) is 0 Å². The highest BCUT2D eigenvalue weighted by molar-refractivity contribution is 5.80. The van der Waals surface area contributed by atoms with Gasteiger partial charge in [0, 0.05) is 12.1 Å². The van der Waals surface area contributed by atoms with E-state index < -0.39 is 0 Å². The van der Waals surface area contributed by atoms with E-state index in [1.165, 1.54) is 12.8 Å². The highest BCUT2D eigenvalue weighted by Gasteiger charge is 2.29. The van der Waals surface area contributed by atoms with Crippen molar-refractivity contribution in [2.24, 2.45) is 0 Å². The maximum atomic E-state index is 14.1. The molecule has 4 heteroatoms. The molecule has 0 bridgehead atoms. The summed E-state index contributed by atoms with van der Waals surface area (Å²) in [5, 5.41) is 0. The van der Waals surface area contributed by atoms with Crippen molar-refractivity contribution in [3.05, 3.63) is 81.5 Å². The van der Waals surface area contributed by atoms with Gasteiger partial charge in [0.2, 0.25) is 0 Å². The lowest BCUT2D eigenvalue weighted by Crippen LogP contribution is -2.45. The van der Waals surface area contributed by atoms with Gasteiger partial charge in [-0.2, -0.15) is 0 Å². The molecule has 0 radical (unpaired) electrons. The van der Waals surface area contributed by atoms with Crippen LogP contribution in [0.4, 0.5) is 0 Å². The van der Waals surface area contributed by atoms with Gasteiger partial charge in [0.05, 0.1) is 11.3 Å². The second-order valence-corrected chi connectivity index (χ2v) is 9.37. The van der Waals surface area contributed by atoms with Gasteiger partial charge in [-0.1, -0.05) is 99.2 Å². The molecule has 3 aromatic rings. The molecule has 0 unspecified atom stereocenters. The Labute approximate surface area is 189 Å². The molecule has 0 N–H and O–H groups in total. The van der Waals surface area contributed by atoms with Crippen molar-refractivity contribution in [1.29, 1.82) is 0 Å². The topological polar surface area (TPSA) is 44.0 Å². The molecule has 2 aromatic carbocycles. The first-order valence-corrected chi connectivity index (χ1v) is 12.3. The van der Waals surface area contributed by atoms with Crippen LogP contribution < -0.4 is 11.2 Å². The summed E-state index contributed by atoms with van der Waals surface area (Å²) < 4.78 is 3.63. The van der Waals surface area contributed by atoms with E-state index in [2.05, 4.69) is 0 Å². The van der Waals surface area contributed by atoms with Gasteiger partial charge in [-0.05, 0) is 36.8 Å². The van der Waals surface area contributed by atoms with E-state index in [1.807, 2.05) is 65.2 Å². The summed E-state index contributed by atoms with van der Waals surface area (Å²) in [6, 6.07) is 20.1. The van der Waals surface area contributed by atoms with Crippen LogP contribution >= 0.6 is 0 Å². The third-order valence-electron chi connectivity index (χ3n) is 7.31. The summed E-state index contributed by atoms with van der Waals surface area (Å²) in [5.74, 6) is 0. The first kappa shape index (κ1) is 21.0. The summed E-state index contributed by atoms with van der Waals surface area (Å²) in [4.78, 5) is 28.2. The molecule has 2 fully saturated rings. The van der Waals surface area contributed by atoms with Gasteiger partial charge < -0.3 is 0 Å². The zero-order valence-electron chi connectivity index (χ0n) is 18.7. The number of nitrogens with zero attached hydrogens (tertiary/aromatic N) is 2. The Balaban J connectivity index is 1.86. The van der Waals surface area contributed by atoms with E-state index in [0.29, 0.717) is 5.56 Å². The van der Waals surface area contributed by atoms with Crippen LogP contribution in [0.3, 0.4) is 0 Å². The molecular weight excluding hydrogens is 396 g/mol. The second kappa shape index (κ2) is 9.32. The number of benzene rings is 2. The fourth-order valence-electron chi connectivity index (χ4n) is 5.72. The molecule has 4 nitrogen and oxygen atoms in total. The van der Waals surface area contributed by atoms with Gasteiger partial charge in [0.25, 0.3) is 5.56 Å². The lowest BCUT2D eigenvalue weighted by atomic mass is 9.92. The SMILES string of the molecule is O=c1c(-c2ccccc2)c(-c2ccccc2)n(C2CCCCC2)c(=O)n1C1CCCCC1. The lowest BCUT2D eigenvalue weighted by Gasteiger charge is -2.31. The average molecular weight is 429 g/mol. The van der Waals surface area contributed by atoms with Crippen LogP contribution in [-0.2, 0) is 0 Å². The van der Waals surface area contributed by atoms with Crippen LogP contribution in [0.5, 0.6) is 0 Å². The Morgan fingerprint density at radius 3 is 1.56 bits per heavy atom. The molecule has 0 aliphatic heterocycles. The normalized spacial score (nSPS) is 18.0. The van der Waals surface area contributed by atoms with Crippen molar-refractivity contribution in [2.45, 2.75) is 76.3 Å². The summed E-state index contributed by atoms with van der Waals surface area (Å²) in [7, 11) is 0. The maximum absolute atomic E-state index is 14.1. The van der Waals surface area contributed by atoms with Gasteiger partial charge in [-0.15, -0.1) is 0 Å². The monoisotopic (exact) mass is 428 g/mol. The molecule has 2 aliphatic carbocycles. The van der Waals surface area contributed by atoms with Crippen molar-refractivity contribution in [1.82, 2.24) is 9.13 Å². The summed E-state index contributed by atoms with van der Waals surface area (Å²) in [6.07, 6.45) is 10.7. The summed E-state index contributed by atoms with van der Waals surface area (Å²) >= 11 is 0. The molecule has 0 amide bonds. The minimum Gasteiger partial charge on any atom is -0.289 e. The largest absolute Gasteiger partial charge is 0.332 e. The minimum absolute atomic E-state index is 0.00544. The summed E-state index contributed by atoms with van der Waals surface area (Å²) in [6.45, 7) is 0. The molecule has 1 aromatic heterocycles. The number of hydrogen-bond donors (Lipinski definition) is 0. The zero-order chi connectivity index (χ0) is 21.9. The van der Waals surface area contributed by atoms with Crippen molar-refractivity contribution in [3.8, 4) is 22.4 Å². The van der Waals surface area contributed by atoms with E-state index >= 15 is 0 Å². The van der Waals surface area contributed by atoms with Crippen molar-refractivity contribution in [3.63, 3.8) is 0 Å². The molecular formula is C28H32N2O2. The molecule has 2 saturated carbocycles. The minimum atomic E-state index is -0.126. The van der Waals surface area contributed by atoms with Crippen molar-refractivity contribution in [2.75, 3.05) is 0 Å². The quantitative estimate of drug-likeness (QED) is 0.486. The predicted octanol–water partition coefficient (Wildman–Crippen LogP) is 6.35. The molecule has 166 valence electrons. The molecule has 0 spiro atoms. The molecule has 0 atom stereocenters. The zero-order valence-corrected chi connectivity index (χ0v) is 18.7. The second-order valence-electron chi connectivity index (χ2n) is 9.37. The van der Waals surface area contributed by atoms with Gasteiger partial charge in [-0.3, -0.25) is 13.9 Å². The van der Waals surface area contributed by atoms with E-state index in [-0.39, 0.29) is 23.3 Å². The van der Waals surface area contributed by atoms with Crippen LogP contribution in [0.2, 0.25) is 0 Å². The molecule has 0 saturated heterocycles. The maximum Gasteiger partial charge on any atom is 0.332 e. The first-order chi connectivity index (χ1) is 15.8. The third kappa shape index (κ3) is 3.87. The molecule has 5 rings (SSSR count). The van der Waals surface area contributed by atoms with Crippen LogP contribution in [-0.4, -0.2) is 9.13 Å². The van der Waals surface area contributed by atoms with Crippen LogP contribution in [0.15, 0.2) is 70.3 Å². The highest BCUT2D eigenvalue weighted by atomic mass is 16.2. The fourth-order valence-corrected chi connectivity index (χ4v) is 5.72. The smallest absolute Gasteiger partial charge is 0.289 e. The van der Waals surface area contributed by atoms with E-state index in [9.17, 15) is 9.59 Å². The lowest BCUT2D eigenvalue weighted by molar-refractivity contribution is 0.302. The number of hydrogen-bond acceptors (Lipinski definition) is 2. The predicted molar refractivity (Wildman–Crippen MR) is 130 cm³/mol. The van der Waals surface area contributed by atoms with Crippen LogP contribution in [0.1, 0.15) is 76.3 Å². The van der Waals surface area contributed by atoms with Gasteiger partial charge >= 0.3 is 5.69 Å². The molecule has 2 aliphatic rings.